The Bertz CT molecular complexity index is 562. The van der Waals surface area contributed by atoms with E-state index in [0.717, 1.165) is 13.1 Å². The Labute approximate surface area is 125 Å². The molecule has 1 atom stereocenters. The molecular formula is C17H22N2S. The number of hydrogen-bond donors (Lipinski definition) is 1. The number of nitrogens with one attached hydrogen (secondary N) is 1. The first-order valence-corrected chi connectivity index (χ1v) is 8.45. The SMILES string of the molecule is CCCn1ccc(CNC2CCSc3ccccc32)c1. The molecule has 0 aliphatic carbocycles. The molecule has 20 heavy (non-hydrogen) atoms. The van der Waals surface area contributed by atoms with Gasteiger partial charge < -0.3 is 9.88 Å². The molecule has 1 aliphatic rings. The van der Waals surface area contributed by atoms with Gasteiger partial charge >= 0.3 is 0 Å². The van der Waals surface area contributed by atoms with Gasteiger partial charge in [0.2, 0.25) is 0 Å². The monoisotopic (exact) mass is 286 g/mol. The summed E-state index contributed by atoms with van der Waals surface area (Å²) in [7, 11) is 0. The molecule has 3 heteroatoms. The van der Waals surface area contributed by atoms with Crippen LogP contribution in [0.3, 0.4) is 0 Å². The molecule has 2 heterocycles. The molecule has 1 aliphatic heterocycles. The number of nitrogens with zero attached hydrogens (tertiary/aromatic N) is 1. The highest BCUT2D eigenvalue weighted by molar-refractivity contribution is 7.99. The van der Waals surface area contributed by atoms with Crippen molar-refractivity contribution in [1.82, 2.24) is 9.88 Å². The Hall–Kier alpha value is -1.19. The summed E-state index contributed by atoms with van der Waals surface area (Å²) in [6, 6.07) is 11.5. The van der Waals surface area contributed by atoms with Crippen molar-refractivity contribution in [3.05, 3.63) is 53.9 Å². The zero-order valence-corrected chi connectivity index (χ0v) is 12.8. The lowest BCUT2D eigenvalue weighted by Crippen LogP contribution is -2.24. The summed E-state index contributed by atoms with van der Waals surface area (Å²) >= 11 is 1.98. The van der Waals surface area contributed by atoms with E-state index in [2.05, 4.69) is 59.5 Å². The van der Waals surface area contributed by atoms with Crippen molar-refractivity contribution in [2.45, 2.75) is 43.8 Å². The fourth-order valence-corrected chi connectivity index (χ4v) is 3.91. The number of rotatable bonds is 5. The lowest BCUT2D eigenvalue weighted by molar-refractivity contribution is 0.509. The summed E-state index contributed by atoms with van der Waals surface area (Å²) in [5.74, 6) is 1.21. The van der Waals surface area contributed by atoms with Gasteiger partial charge in [-0.25, -0.2) is 0 Å². The van der Waals surface area contributed by atoms with E-state index in [0.29, 0.717) is 6.04 Å². The van der Waals surface area contributed by atoms with Crippen molar-refractivity contribution in [3.8, 4) is 0 Å². The summed E-state index contributed by atoms with van der Waals surface area (Å²) in [5.41, 5.74) is 2.85. The van der Waals surface area contributed by atoms with Gasteiger partial charge in [0.15, 0.2) is 0 Å². The zero-order chi connectivity index (χ0) is 13.8. The van der Waals surface area contributed by atoms with Crippen LogP contribution in [-0.2, 0) is 13.1 Å². The van der Waals surface area contributed by atoms with Crippen LogP contribution in [0.5, 0.6) is 0 Å². The quantitative estimate of drug-likeness (QED) is 0.886. The van der Waals surface area contributed by atoms with Crippen LogP contribution in [0.1, 0.15) is 36.9 Å². The molecular weight excluding hydrogens is 264 g/mol. The van der Waals surface area contributed by atoms with E-state index in [9.17, 15) is 0 Å². The normalized spacial score (nSPS) is 17.9. The molecule has 1 N–H and O–H groups in total. The molecule has 1 aromatic carbocycles. The van der Waals surface area contributed by atoms with Crippen LogP contribution in [0.25, 0.3) is 0 Å². The molecule has 0 spiro atoms. The molecule has 1 aromatic heterocycles. The number of aromatic nitrogens is 1. The maximum absolute atomic E-state index is 3.72. The Morgan fingerprint density at radius 2 is 2.20 bits per heavy atom. The summed E-state index contributed by atoms with van der Waals surface area (Å²) < 4.78 is 2.28. The molecule has 2 nitrogen and oxygen atoms in total. The first kappa shape index (κ1) is 13.8. The van der Waals surface area contributed by atoms with Gasteiger partial charge in [-0.2, -0.15) is 0 Å². The van der Waals surface area contributed by atoms with Gasteiger partial charge in [0.05, 0.1) is 0 Å². The number of benzene rings is 1. The molecule has 0 saturated heterocycles. The van der Waals surface area contributed by atoms with Gasteiger partial charge in [-0.05, 0) is 41.9 Å². The topological polar surface area (TPSA) is 17.0 Å². The third kappa shape index (κ3) is 3.10. The largest absolute Gasteiger partial charge is 0.354 e. The van der Waals surface area contributed by atoms with Crippen molar-refractivity contribution in [2.24, 2.45) is 0 Å². The maximum Gasteiger partial charge on any atom is 0.0342 e. The van der Waals surface area contributed by atoms with Gasteiger partial charge in [0.1, 0.15) is 0 Å². The van der Waals surface area contributed by atoms with Crippen molar-refractivity contribution in [2.75, 3.05) is 5.75 Å². The number of fused-ring (bicyclic) bond motifs is 1. The molecule has 0 radical (unpaired) electrons. The maximum atomic E-state index is 3.72. The van der Waals surface area contributed by atoms with Gasteiger partial charge in [-0.1, -0.05) is 25.1 Å². The first-order chi connectivity index (χ1) is 9.86. The van der Waals surface area contributed by atoms with Crippen LogP contribution in [0.15, 0.2) is 47.6 Å². The summed E-state index contributed by atoms with van der Waals surface area (Å²) in [6.45, 7) is 4.29. The molecule has 106 valence electrons. The van der Waals surface area contributed by atoms with Crippen LogP contribution in [-0.4, -0.2) is 10.3 Å². The second kappa shape index (κ2) is 6.51. The first-order valence-electron chi connectivity index (χ1n) is 7.46. The lowest BCUT2D eigenvalue weighted by Gasteiger charge is -2.25. The Balaban J connectivity index is 1.64. The smallest absolute Gasteiger partial charge is 0.0342 e. The zero-order valence-electron chi connectivity index (χ0n) is 12.0. The van der Waals surface area contributed by atoms with E-state index in [-0.39, 0.29) is 0 Å². The van der Waals surface area contributed by atoms with E-state index in [1.54, 1.807) is 0 Å². The van der Waals surface area contributed by atoms with E-state index in [4.69, 9.17) is 0 Å². The predicted octanol–water partition coefficient (Wildman–Crippen LogP) is 4.22. The molecule has 0 bridgehead atoms. The second-order valence-corrected chi connectivity index (χ2v) is 6.50. The average Bonchev–Trinajstić information content (AvgIpc) is 2.93. The predicted molar refractivity (Wildman–Crippen MR) is 86.1 cm³/mol. The molecule has 1 unspecified atom stereocenters. The van der Waals surface area contributed by atoms with Gasteiger partial charge in [0, 0.05) is 36.4 Å². The highest BCUT2D eigenvalue weighted by Gasteiger charge is 2.19. The fourth-order valence-electron chi connectivity index (χ4n) is 2.79. The minimum absolute atomic E-state index is 0.502. The van der Waals surface area contributed by atoms with E-state index >= 15 is 0 Å². The molecule has 2 aromatic rings. The van der Waals surface area contributed by atoms with Crippen molar-refractivity contribution in [1.29, 1.82) is 0 Å². The highest BCUT2D eigenvalue weighted by atomic mass is 32.2. The Kier molecular flexibility index (Phi) is 4.48. The van der Waals surface area contributed by atoms with Crippen molar-refractivity contribution in [3.63, 3.8) is 0 Å². The van der Waals surface area contributed by atoms with Gasteiger partial charge in [-0.15, -0.1) is 11.8 Å². The summed E-state index contributed by atoms with van der Waals surface area (Å²) in [6.07, 6.45) is 6.86. The van der Waals surface area contributed by atoms with Crippen LogP contribution in [0.4, 0.5) is 0 Å². The Morgan fingerprint density at radius 1 is 1.30 bits per heavy atom. The van der Waals surface area contributed by atoms with Crippen LogP contribution in [0.2, 0.25) is 0 Å². The molecule has 0 fully saturated rings. The second-order valence-electron chi connectivity index (χ2n) is 5.37. The Morgan fingerprint density at radius 3 is 3.10 bits per heavy atom. The summed E-state index contributed by atoms with van der Waals surface area (Å²) in [4.78, 5) is 1.44. The minimum atomic E-state index is 0.502. The minimum Gasteiger partial charge on any atom is -0.354 e. The van der Waals surface area contributed by atoms with Crippen LogP contribution < -0.4 is 5.32 Å². The summed E-state index contributed by atoms with van der Waals surface area (Å²) in [5, 5.41) is 3.72. The number of thioether (sulfide) groups is 1. The third-order valence-corrected chi connectivity index (χ3v) is 4.93. The molecule has 3 rings (SSSR count). The fraction of sp³-hybridized carbons (Fsp3) is 0.412. The van der Waals surface area contributed by atoms with E-state index < -0.39 is 0 Å². The lowest BCUT2D eigenvalue weighted by atomic mass is 10.0. The van der Waals surface area contributed by atoms with Crippen molar-refractivity contribution >= 4 is 11.8 Å². The number of aryl methyl sites for hydroxylation is 1. The number of hydrogen-bond acceptors (Lipinski definition) is 2. The van der Waals surface area contributed by atoms with Crippen LogP contribution in [0, 0.1) is 0 Å². The van der Waals surface area contributed by atoms with Gasteiger partial charge in [0.25, 0.3) is 0 Å². The molecule has 0 saturated carbocycles. The molecule has 0 amide bonds. The van der Waals surface area contributed by atoms with E-state index in [1.807, 2.05) is 11.8 Å². The van der Waals surface area contributed by atoms with Crippen LogP contribution >= 0.6 is 11.8 Å². The average molecular weight is 286 g/mol. The van der Waals surface area contributed by atoms with Gasteiger partial charge in [-0.3, -0.25) is 0 Å². The van der Waals surface area contributed by atoms with E-state index in [1.165, 1.54) is 34.6 Å². The third-order valence-electron chi connectivity index (χ3n) is 3.80. The standard InChI is InChI=1S/C17H22N2S/c1-2-9-19-10-7-14(13-19)12-18-16-8-11-20-17-6-4-3-5-15(16)17/h3-7,10,13,16,18H,2,8-9,11-12H2,1H3. The highest BCUT2D eigenvalue weighted by Crippen LogP contribution is 2.35. The van der Waals surface area contributed by atoms with Crippen molar-refractivity contribution < 1.29 is 0 Å².